The number of nitrogens with one attached hydrogen (secondary N) is 1. The second-order valence-electron chi connectivity index (χ2n) is 5.18. The number of benzene rings is 1. The Hall–Kier alpha value is -2.35. The van der Waals surface area contributed by atoms with Crippen molar-refractivity contribution in [1.29, 1.82) is 5.26 Å². The van der Waals surface area contributed by atoms with Gasteiger partial charge < -0.3 is 11.1 Å². The van der Waals surface area contributed by atoms with E-state index < -0.39 is 5.91 Å². The van der Waals surface area contributed by atoms with E-state index in [-0.39, 0.29) is 17.0 Å². The Balaban J connectivity index is 2.22. The predicted octanol–water partition coefficient (Wildman–Crippen LogP) is 1.50. The van der Waals surface area contributed by atoms with Crippen molar-refractivity contribution in [1.82, 2.24) is 5.32 Å². The lowest BCUT2D eigenvalue weighted by molar-refractivity contribution is 0.0935. The van der Waals surface area contributed by atoms with Crippen LogP contribution in [0.1, 0.15) is 51.1 Å². The van der Waals surface area contributed by atoms with Crippen molar-refractivity contribution in [3.63, 3.8) is 0 Å². The number of nitriles is 1. The molecular formula is C15H17N3O2. The molecule has 0 saturated heterocycles. The molecule has 0 aromatic heterocycles. The Labute approximate surface area is 117 Å². The number of aryl methyl sites for hydroxylation is 1. The first-order chi connectivity index (χ1) is 9.52. The molecule has 1 aromatic carbocycles. The molecule has 0 aliphatic heterocycles. The summed E-state index contributed by atoms with van der Waals surface area (Å²) in [5.74, 6) is -0.280. The summed E-state index contributed by atoms with van der Waals surface area (Å²) in [6, 6.07) is 4.95. The molecule has 0 radical (unpaired) electrons. The van der Waals surface area contributed by atoms with Crippen molar-refractivity contribution < 1.29 is 9.59 Å². The van der Waals surface area contributed by atoms with Gasteiger partial charge >= 0.3 is 0 Å². The molecule has 1 aliphatic carbocycles. The summed E-state index contributed by atoms with van der Waals surface area (Å²) in [6.45, 7) is 2.25. The molecule has 104 valence electrons. The van der Waals surface area contributed by atoms with Crippen molar-refractivity contribution in [3.8, 4) is 6.07 Å². The fraction of sp³-hybridized carbons (Fsp3) is 0.400. The van der Waals surface area contributed by atoms with E-state index in [1.54, 1.807) is 13.0 Å². The van der Waals surface area contributed by atoms with Crippen molar-refractivity contribution in [3.05, 3.63) is 34.4 Å². The number of rotatable bonds is 5. The van der Waals surface area contributed by atoms with Crippen LogP contribution in [-0.2, 0) is 0 Å². The van der Waals surface area contributed by atoms with E-state index in [0.29, 0.717) is 17.7 Å². The van der Waals surface area contributed by atoms with Crippen LogP contribution in [0.5, 0.6) is 0 Å². The quantitative estimate of drug-likeness (QED) is 0.849. The number of carbonyl (C=O) groups is 2. The van der Waals surface area contributed by atoms with Gasteiger partial charge in [-0.25, -0.2) is 0 Å². The Kier molecular flexibility index (Phi) is 4.04. The van der Waals surface area contributed by atoms with Crippen LogP contribution in [0, 0.1) is 24.2 Å². The highest BCUT2D eigenvalue weighted by Gasteiger charge is 2.22. The van der Waals surface area contributed by atoms with Gasteiger partial charge in [0.1, 0.15) is 0 Å². The third-order valence-corrected chi connectivity index (χ3v) is 3.49. The monoisotopic (exact) mass is 271 g/mol. The molecule has 0 heterocycles. The van der Waals surface area contributed by atoms with Gasteiger partial charge in [-0.15, -0.1) is 0 Å². The first-order valence-electron chi connectivity index (χ1n) is 6.65. The lowest BCUT2D eigenvalue weighted by atomic mass is 9.97. The van der Waals surface area contributed by atoms with Gasteiger partial charge in [-0.2, -0.15) is 5.26 Å². The minimum atomic E-state index is -0.653. The number of nitrogens with two attached hydrogens (primary N) is 1. The largest absolute Gasteiger partial charge is 0.366 e. The van der Waals surface area contributed by atoms with E-state index >= 15 is 0 Å². The molecule has 1 saturated carbocycles. The fourth-order valence-electron chi connectivity index (χ4n) is 2.25. The van der Waals surface area contributed by atoms with E-state index in [2.05, 4.69) is 5.32 Å². The summed E-state index contributed by atoms with van der Waals surface area (Å²) in [5, 5.41) is 11.7. The van der Waals surface area contributed by atoms with Gasteiger partial charge in [-0.1, -0.05) is 12.8 Å². The minimum Gasteiger partial charge on any atom is -0.366 e. The smallest absolute Gasteiger partial charge is 0.252 e. The second-order valence-corrected chi connectivity index (χ2v) is 5.18. The second kappa shape index (κ2) is 5.74. The summed E-state index contributed by atoms with van der Waals surface area (Å²) in [6.07, 6.45) is 3.41. The molecule has 3 N–H and O–H groups in total. The standard InChI is InChI=1S/C15H17N3O2/c1-9-6-11(8-16)7-12(13(9)14(17)19)15(20)18-5-4-10-2-3-10/h6-7,10H,2-5H2,1H3,(H2,17,19)(H,18,20). The summed E-state index contributed by atoms with van der Waals surface area (Å²) in [5.41, 5.74) is 6.60. The highest BCUT2D eigenvalue weighted by molar-refractivity contribution is 6.07. The van der Waals surface area contributed by atoms with Gasteiger partial charge in [-0.05, 0) is 37.0 Å². The molecule has 1 fully saturated rings. The van der Waals surface area contributed by atoms with Gasteiger partial charge in [0.15, 0.2) is 0 Å². The molecule has 0 atom stereocenters. The van der Waals surface area contributed by atoms with E-state index in [4.69, 9.17) is 11.0 Å². The molecule has 5 heteroatoms. The Morgan fingerprint density at radius 3 is 2.70 bits per heavy atom. The maximum atomic E-state index is 12.2. The molecule has 5 nitrogen and oxygen atoms in total. The summed E-state index contributed by atoms with van der Waals surface area (Å²) in [4.78, 5) is 23.7. The van der Waals surface area contributed by atoms with E-state index in [0.717, 1.165) is 12.3 Å². The highest BCUT2D eigenvalue weighted by Crippen LogP contribution is 2.31. The average Bonchev–Trinajstić information content (AvgIpc) is 3.21. The Morgan fingerprint density at radius 2 is 2.15 bits per heavy atom. The molecule has 2 rings (SSSR count). The lowest BCUT2D eigenvalue weighted by Gasteiger charge is -2.11. The third kappa shape index (κ3) is 3.15. The highest BCUT2D eigenvalue weighted by atomic mass is 16.2. The van der Waals surface area contributed by atoms with E-state index in [9.17, 15) is 9.59 Å². The molecular weight excluding hydrogens is 254 g/mol. The van der Waals surface area contributed by atoms with Crippen LogP contribution >= 0.6 is 0 Å². The number of hydrogen-bond donors (Lipinski definition) is 2. The zero-order valence-electron chi connectivity index (χ0n) is 11.4. The van der Waals surface area contributed by atoms with Crippen molar-refractivity contribution in [2.45, 2.75) is 26.2 Å². The Bertz CT molecular complexity index is 598. The zero-order chi connectivity index (χ0) is 14.7. The topological polar surface area (TPSA) is 96.0 Å². The molecule has 1 aromatic rings. The fourth-order valence-corrected chi connectivity index (χ4v) is 2.25. The van der Waals surface area contributed by atoms with Crippen LogP contribution in [0.25, 0.3) is 0 Å². The zero-order valence-corrected chi connectivity index (χ0v) is 11.4. The summed E-state index contributed by atoms with van der Waals surface area (Å²) < 4.78 is 0. The van der Waals surface area contributed by atoms with Crippen LogP contribution in [0.4, 0.5) is 0 Å². The number of carbonyl (C=O) groups excluding carboxylic acids is 2. The maximum absolute atomic E-state index is 12.2. The molecule has 20 heavy (non-hydrogen) atoms. The van der Waals surface area contributed by atoms with Crippen LogP contribution in [0.3, 0.4) is 0 Å². The molecule has 0 spiro atoms. The number of hydrogen-bond acceptors (Lipinski definition) is 3. The molecule has 1 aliphatic rings. The van der Waals surface area contributed by atoms with Crippen molar-refractivity contribution in [2.75, 3.05) is 6.54 Å². The summed E-state index contributed by atoms with van der Waals surface area (Å²) >= 11 is 0. The van der Waals surface area contributed by atoms with Gasteiger partial charge in [0, 0.05) is 6.54 Å². The molecule has 0 bridgehead atoms. The van der Waals surface area contributed by atoms with E-state index in [1.165, 1.54) is 18.9 Å². The minimum absolute atomic E-state index is 0.185. The number of primary amides is 1. The van der Waals surface area contributed by atoms with Crippen molar-refractivity contribution >= 4 is 11.8 Å². The first-order valence-corrected chi connectivity index (χ1v) is 6.65. The first kappa shape index (κ1) is 14.1. The maximum Gasteiger partial charge on any atom is 0.252 e. The van der Waals surface area contributed by atoms with Crippen LogP contribution in [0.15, 0.2) is 12.1 Å². The van der Waals surface area contributed by atoms with Gasteiger partial charge in [0.2, 0.25) is 5.91 Å². The number of amides is 2. The van der Waals surface area contributed by atoms with Gasteiger partial charge in [0.25, 0.3) is 5.91 Å². The summed E-state index contributed by atoms with van der Waals surface area (Å²) in [7, 11) is 0. The average molecular weight is 271 g/mol. The third-order valence-electron chi connectivity index (χ3n) is 3.49. The van der Waals surface area contributed by atoms with Crippen molar-refractivity contribution in [2.24, 2.45) is 11.7 Å². The molecule has 2 amide bonds. The molecule has 0 unspecified atom stereocenters. The predicted molar refractivity (Wildman–Crippen MR) is 74.1 cm³/mol. The normalized spacial score (nSPS) is 13.6. The SMILES string of the molecule is Cc1cc(C#N)cc(C(=O)NCCC2CC2)c1C(N)=O. The van der Waals surface area contributed by atoms with Crippen LogP contribution < -0.4 is 11.1 Å². The Morgan fingerprint density at radius 1 is 1.45 bits per heavy atom. The van der Waals surface area contributed by atoms with Gasteiger partial charge in [0.05, 0.1) is 22.8 Å². The van der Waals surface area contributed by atoms with Crippen LogP contribution in [-0.4, -0.2) is 18.4 Å². The van der Waals surface area contributed by atoms with E-state index in [1.807, 2.05) is 6.07 Å². The number of nitrogens with zero attached hydrogens (tertiary/aromatic N) is 1. The van der Waals surface area contributed by atoms with Gasteiger partial charge in [-0.3, -0.25) is 9.59 Å². The lowest BCUT2D eigenvalue weighted by Crippen LogP contribution is -2.28. The van der Waals surface area contributed by atoms with Crippen LogP contribution in [0.2, 0.25) is 0 Å².